The van der Waals surface area contributed by atoms with Crippen molar-refractivity contribution in [2.24, 2.45) is 5.92 Å². The van der Waals surface area contributed by atoms with Crippen molar-refractivity contribution in [1.82, 2.24) is 9.55 Å². The Morgan fingerprint density at radius 2 is 2.26 bits per heavy atom. The van der Waals surface area contributed by atoms with E-state index in [2.05, 4.69) is 4.98 Å². The Kier molecular flexibility index (Phi) is 2.98. The maximum atomic E-state index is 11.1. The van der Waals surface area contributed by atoms with Gasteiger partial charge in [0.05, 0.1) is 23.5 Å². The lowest BCUT2D eigenvalue weighted by Crippen LogP contribution is -2.08. The van der Waals surface area contributed by atoms with Crippen LogP contribution in [0, 0.1) is 5.92 Å². The zero-order valence-corrected chi connectivity index (χ0v) is 10.5. The average molecular weight is 260 g/mol. The number of aliphatic hydroxyl groups excluding tert-OH is 1. The molecule has 0 saturated heterocycles. The number of aromatic carboxylic acids is 1. The van der Waals surface area contributed by atoms with E-state index >= 15 is 0 Å². The molecule has 2 unspecified atom stereocenters. The molecule has 0 bridgehead atoms. The first-order valence-electron chi connectivity index (χ1n) is 6.50. The van der Waals surface area contributed by atoms with E-state index in [0.717, 1.165) is 31.3 Å². The second-order valence-electron chi connectivity index (χ2n) is 5.21. The van der Waals surface area contributed by atoms with Crippen molar-refractivity contribution in [1.29, 1.82) is 0 Å². The summed E-state index contributed by atoms with van der Waals surface area (Å²) >= 11 is 0. The van der Waals surface area contributed by atoms with Crippen molar-refractivity contribution in [3.05, 3.63) is 30.1 Å². The summed E-state index contributed by atoms with van der Waals surface area (Å²) in [5.74, 6) is -0.506. The average Bonchev–Trinajstić information content (AvgIpc) is 2.97. The van der Waals surface area contributed by atoms with Gasteiger partial charge in [-0.3, -0.25) is 0 Å². The largest absolute Gasteiger partial charge is 0.478 e. The molecule has 0 radical (unpaired) electrons. The molecule has 3 rings (SSSR count). The highest BCUT2D eigenvalue weighted by Gasteiger charge is 2.23. The van der Waals surface area contributed by atoms with Crippen LogP contribution in [0.25, 0.3) is 11.0 Å². The Hall–Kier alpha value is -1.88. The molecule has 2 atom stereocenters. The highest BCUT2D eigenvalue weighted by atomic mass is 16.4. The maximum Gasteiger partial charge on any atom is 0.337 e. The molecule has 1 aliphatic carbocycles. The fourth-order valence-corrected chi connectivity index (χ4v) is 2.90. The Labute approximate surface area is 110 Å². The quantitative estimate of drug-likeness (QED) is 0.883. The van der Waals surface area contributed by atoms with Crippen LogP contribution in [0.2, 0.25) is 0 Å². The van der Waals surface area contributed by atoms with Crippen LogP contribution in [0.4, 0.5) is 0 Å². The lowest BCUT2D eigenvalue weighted by Gasteiger charge is -2.11. The zero-order valence-electron chi connectivity index (χ0n) is 10.5. The van der Waals surface area contributed by atoms with E-state index in [4.69, 9.17) is 5.11 Å². The second kappa shape index (κ2) is 4.66. The van der Waals surface area contributed by atoms with E-state index in [9.17, 15) is 9.90 Å². The fraction of sp³-hybridized carbons (Fsp3) is 0.429. The van der Waals surface area contributed by atoms with Gasteiger partial charge in [0.1, 0.15) is 5.52 Å². The van der Waals surface area contributed by atoms with Gasteiger partial charge < -0.3 is 14.8 Å². The van der Waals surface area contributed by atoms with Gasteiger partial charge >= 0.3 is 5.97 Å². The lowest BCUT2D eigenvalue weighted by atomic mass is 10.1. The maximum absolute atomic E-state index is 11.1. The molecule has 19 heavy (non-hydrogen) atoms. The SMILES string of the molecule is O=C(O)c1cccc2c1ncn2CC1CCC(O)C1. The summed E-state index contributed by atoms with van der Waals surface area (Å²) < 4.78 is 1.99. The minimum absolute atomic E-state index is 0.186. The second-order valence-corrected chi connectivity index (χ2v) is 5.21. The molecule has 1 fully saturated rings. The van der Waals surface area contributed by atoms with E-state index in [1.165, 1.54) is 0 Å². The van der Waals surface area contributed by atoms with Gasteiger partial charge in [-0.25, -0.2) is 9.78 Å². The molecular formula is C14H16N2O3. The Morgan fingerprint density at radius 1 is 1.42 bits per heavy atom. The molecule has 100 valence electrons. The number of aromatic nitrogens is 2. The molecule has 0 aliphatic heterocycles. The van der Waals surface area contributed by atoms with Crippen LogP contribution < -0.4 is 0 Å². The number of imidazole rings is 1. The van der Waals surface area contributed by atoms with E-state index in [0.29, 0.717) is 11.4 Å². The van der Waals surface area contributed by atoms with Crippen LogP contribution in [0.3, 0.4) is 0 Å². The van der Waals surface area contributed by atoms with Crippen molar-refractivity contribution in [3.63, 3.8) is 0 Å². The fourth-order valence-electron chi connectivity index (χ4n) is 2.90. The van der Waals surface area contributed by atoms with Gasteiger partial charge in [-0.15, -0.1) is 0 Å². The van der Waals surface area contributed by atoms with Crippen LogP contribution in [0.1, 0.15) is 29.6 Å². The highest BCUT2D eigenvalue weighted by molar-refractivity contribution is 6.00. The standard InChI is InChI=1S/C14H16N2O3/c17-10-5-4-9(6-10)7-16-8-15-13-11(14(18)19)2-1-3-12(13)16/h1-3,8-10,17H,4-7H2,(H,18,19). The summed E-state index contributed by atoms with van der Waals surface area (Å²) in [6, 6.07) is 5.20. The van der Waals surface area contributed by atoms with Gasteiger partial charge in [0.2, 0.25) is 0 Å². The summed E-state index contributed by atoms with van der Waals surface area (Å²) in [6.07, 6.45) is 4.20. The molecule has 0 amide bonds. The van der Waals surface area contributed by atoms with Crippen LogP contribution >= 0.6 is 0 Å². The van der Waals surface area contributed by atoms with Crippen molar-refractivity contribution in [3.8, 4) is 0 Å². The van der Waals surface area contributed by atoms with Crippen molar-refractivity contribution < 1.29 is 15.0 Å². The summed E-state index contributed by atoms with van der Waals surface area (Å²) in [4.78, 5) is 15.3. The van der Waals surface area contributed by atoms with Crippen molar-refractivity contribution >= 4 is 17.0 Å². The number of para-hydroxylation sites is 1. The Balaban J connectivity index is 1.93. The van der Waals surface area contributed by atoms with E-state index in [-0.39, 0.29) is 11.7 Å². The summed E-state index contributed by atoms with van der Waals surface area (Å²) in [5.41, 5.74) is 1.62. The Morgan fingerprint density at radius 3 is 2.95 bits per heavy atom. The van der Waals surface area contributed by atoms with E-state index in [1.807, 2.05) is 10.6 Å². The molecule has 1 heterocycles. The van der Waals surface area contributed by atoms with Gasteiger partial charge in [-0.05, 0) is 37.3 Å². The van der Waals surface area contributed by atoms with Gasteiger partial charge in [0, 0.05) is 6.54 Å². The number of carboxylic acid groups (broad SMARTS) is 1. The molecule has 1 aliphatic rings. The Bertz CT molecular complexity index is 620. The summed E-state index contributed by atoms with van der Waals surface area (Å²) in [7, 11) is 0. The predicted molar refractivity (Wildman–Crippen MR) is 70.0 cm³/mol. The van der Waals surface area contributed by atoms with Crippen LogP contribution in [-0.2, 0) is 6.54 Å². The number of hydrogen-bond acceptors (Lipinski definition) is 3. The summed E-state index contributed by atoms with van der Waals surface area (Å²) in [6.45, 7) is 0.788. The lowest BCUT2D eigenvalue weighted by molar-refractivity contribution is 0.0699. The number of rotatable bonds is 3. The molecule has 0 spiro atoms. The molecule has 5 nitrogen and oxygen atoms in total. The first kappa shape index (κ1) is 12.2. The molecule has 1 aromatic carbocycles. The minimum Gasteiger partial charge on any atom is -0.478 e. The molecule has 1 saturated carbocycles. The van der Waals surface area contributed by atoms with Gasteiger partial charge in [0.15, 0.2) is 0 Å². The van der Waals surface area contributed by atoms with Crippen LogP contribution in [0.5, 0.6) is 0 Å². The molecular weight excluding hydrogens is 244 g/mol. The molecule has 2 aromatic rings. The van der Waals surface area contributed by atoms with Crippen LogP contribution in [0.15, 0.2) is 24.5 Å². The first-order valence-corrected chi connectivity index (χ1v) is 6.50. The number of nitrogens with zero attached hydrogens (tertiary/aromatic N) is 2. The number of aliphatic hydroxyl groups is 1. The number of fused-ring (bicyclic) bond motifs is 1. The topological polar surface area (TPSA) is 75.3 Å². The third kappa shape index (κ3) is 2.21. The first-order chi connectivity index (χ1) is 9.15. The van der Waals surface area contributed by atoms with E-state index < -0.39 is 5.97 Å². The molecule has 2 N–H and O–H groups in total. The van der Waals surface area contributed by atoms with Crippen molar-refractivity contribution in [2.75, 3.05) is 0 Å². The number of hydrogen-bond donors (Lipinski definition) is 2. The normalized spacial score (nSPS) is 23.0. The third-order valence-electron chi connectivity index (χ3n) is 3.85. The zero-order chi connectivity index (χ0) is 13.4. The number of benzene rings is 1. The van der Waals surface area contributed by atoms with Gasteiger partial charge in [-0.2, -0.15) is 0 Å². The smallest absolute Gasteiger partial charge is 0.337 e. The van der Waals surface area contributed by atoms with Gasteiger partial charge in [0.25, 0.3) is 0 Å². The highest BCUT2D eigenvalue weighted by Crippen LogP contribution is 2.28. The van der Waals surface area contributed by atoms with Gasteiger partial charge in [-0.1, -0.05) is 6.07 Å². The minimum atomic E-state index is -0.952. The van der Waals surface area contributed by atoms with E-state index in [1.54, 1.807) is 18.5 Å². The molecule has 5 heteroatoms. The molecule has 1 aromatic heterocycles. The monoisotopic (exact) mass is 260 g/mol. The predicted octanol–water partition coefficient (Wildman–Crippen LogP) is 1.90. The number of carbonyl (C=O) groups is 1. The summed E-state index contributed by atoms with van der Waals surface area (Å²) in [5, 5.41) is 18.7. The number of carboxylic acids is 1. The third-order valence-corrected chi connectivity index (χ3v) is 3.85. The van der Waals surface area contributed by atoms with Crippen LogP contribution in [-0.4, -0.2) is 31.8 Å². The van der Waals surface area contributed by atoms with Crippen molar-refractivity contribution in [2.45, 2.75) is 31.9 Å².